The van der Waals surface area contributed by atoms with E-state index < -0.39 is 0 Å². The number of anilines is 1. The van der Waals surface area contributed by atoms with Crippen molar-refractivity contribution in [3.63, 3.8) is 0 Å². The van der Waals surface area contributed by atoms with Crippen LogP contribution in [0.25, 0.3) is 21.9 Å². The van der Waals surface area contributed by atoms with Crippen molar-refractivity contribution < 1.29 is 4.42 Å². The number of fused-ring (bicyclic) bond motifs is 1. The van der Waals surface area contributed by atoms with Crippen LogP contribution in [-0.4, -0.2) is 4.98 Å². The van der Waals surface area contributed by atoms with E-state index in [0.717, 1.165) is 4.88 Å². The molecule has 0 fully saturated rings. The Morgan fingerprint density at radius 1 is 1.24 bits per heavy atom. The molecule has 0 radical (unpaired) electrons. The zero-order valence-electron chi connectivity index (χ0n) is 8.41. The molecule has 0 atom stereocenters. The molecule has 0 aliphatic heterocycles. The molecule has 0 aliphatic carbocycles. The van der Waals surface area contributed by atoms with E-state index in [0.29, 0.717) is 32.7 Å². The molecule has 2 N–H and O–H groups in total. The summed E-state index contributed by atoms with van der Waals surface area (Å²) in [6, 6.07) is 5.15. The summed E-state index contributed by atoms with van der Waals surface area (Å²) in [6.45, 7) is 0. The van der Waals surface area contributed by atoms with Crippen LogP contribution in [0.15, 0.2) is 28.0 Å². The van der Waals surface area contributed by atoms with E-state index in [9.17, 15) is 0 Å². The van der Waals surface area contributed by atoms with Gasteiger partial charge in [-0.15, -0.1) is 11.3 Å². The molecular weight excluding hydrogens is 279 g/mol. The van der Waals surface area contributed by atoms with Crippen LogP contribution in [0.5, 0.6) is 0 Å². The van der Waals surface area contributed by atoms with Crippen LogP contribution in [0, 0.1) is 0 Å². The second-order valence-corrected chi connectivity index (χ2v) is 5.19. The number of benzene rings is 1. The van der Waals surface area contributed by atoms with Crippen molar-refractivity contribution in [3.8, 4) is 10.8 Å². The summed E-state index contributed by atoms with van der Waals surface area (Å²) in [5.74, 6) is 0.488. The van der Waals surface area contributed by atoms with Crippen molar-refractivity contribution in [3.05, 3.63) is 33.6 Å². The quantitative estimate of drug-likeness (QED) is 0.672. The minimum absolute atomic E-state index is 0.467. The first-order valence-corrected chi connectivity index (χ1v) is 6.37. The number of aromatic nitrogens is 1. The Kier molecular flexibility index (Phi) is 2.50. The monoisotopic (exact) mass is 284 g/mol. The van der Waals surface area contributed by atoms with Crippen LogP contribution in [0.3, 0.4) is 0 Å². The summed E-state index contributed by atoms with van der Waals surface area (Å²) in [7, 11) is 0. The van der Waals surface area contributed by atoms with Crippen molar-refractivity contribution in [1.29, 1.82) is 0 Å². The van der Waals surface area contributed by atoms with Crippen LogP contribution >= 0.6 is 34.5 Å². The molecule has 3 nitrogen and oxygen atoms in total. The van der Waals surface area contributed by atoms with Gasteiger partial charge in [-0.3, -0.25) is 0 Å². The van der Waals surface area contributed by atoms with Crippen LogP contribution in [0.4, 0.5) is 5.69 Å². The Morgan fingerprint density at radius 3 is 2.76 bits per heavy atom. The van der Waals surface area contributed by atoms with Gasteiger partial charge in [-0.1, -0.05) is 23.2 Å². The lowest BCUT2D eigenvalue weighted by atomic mass is 10.3. The van der Waals surface area contributed by atoms with E-state index in [1.165, 1.54) is 11.3 Å². The first-order valence-electron chi connectivity index (χ1n) is 4.74. The topological polar surface area (TPSA) is 52.0 Å². The van der Waals surface area contributed by atoms with Crippen molar-refractivity contribution in [2.24, 2.45) is 0 Å². The van der Waals surface area contributed by atoms with Gasteiger partial charge in [0.05, 0.1) is 15.7 Å². The van der Waals surface area contributed by atoms with E-state index in [-0.39, 0.29) is 0 Å². The first-order chi connectivity index (χ1) is 8.15. The first kappa shape index (κ1) is 10.9. The number of thiophene rings is 1. The van der Waals surface area contributed by atoms with Gasteiger partial charge in [-0.05, 0) is 17.5 Å². The normalized spacial score (nSPS) is 11.2. The molecular formula is C11H6Cl2N2OS. The Bertz CT molecular complexity index is 666. The van der Waals surface area contributed by atoms with E-state index >= 15 is 0 Å². The van der Waals surface area contributed by atoms with Gasteiger partial charge in [0.2, 0.25) is 5.89 Å². The van der Waals surface area contributed by atoms with Crippen LogP contribution in [-0.2, 0) is 0 Å². The van der Waals surface area contributed by atoms with Gasteiger partial charge >= 0.3 is 0 Å². The van der Waals surface area contributed by atoms with Gasteiger partial charge in [0, 0.05) is 6.07 Å². The minimum atomic E-state index is 0.467. The lowest BCUT2D eigenvalue weighted by molar-refractivity contribution is 0.622. The molecule has 6 heteroatoms. The van der Waals surface area contributed by atoms with Crippen LogP contribution in [0.2, 0.25) is 10.0 Å². The van der Waals surface area contributed by atoms with Gasteiger partial charge < -0.3 is 10.2 Å². The standard InChI is InChI=1S/C11H6Cl2N2OS/c12-5-1-2-17-10(5)11-15-8-3-6(13)7(14)4-9(8)16-11/h1-4H,14H2. The second-order valence-electron chi connectivity index (χ2n) is 3.46. The summed E-state index contributed by atoms with van der Waals surface area (Å²) >= 11 is 13.4. The maximum absolute atomic E-state index is 6.02. The van der Waals surface area contributed by atoms with Gasteiger partial charge in [0.25, 0.3) is 0 Å². The third-order valence-electron chi connectivity index (χ3n) is 2.32. The number of hydrogen-bond donors (Lipinski definition) is 1. The number of hydrogen-bond acceptors (Lipinski definition) is 4. The number of oxazole rings is 1. The van der Waals surface area contributed by atoms with Crippen molar-refractivity contribution in [2.75, 3.05) is 5.73 Å². The summed E-state index contributed by atoms with van der Waals surface area (Å²) < 4.78 is 5.61. The smallest absolute Gasteiger partial charge is 0.239 e. The van der Waals surface area contributed by atoms with Crippen LogP contribution < -0.4 is 5.73 Å². The highest BCUT2D eigenvalue weighted by Gasteiger charge is 2.13. The number of rotatable bonds is 1. The molecule has 0 aliphatic rings. The third kappa shape index (κ3) is 1.78. The average molecular weight is 285 g/mol. The Hall–Kier alpha value is -1.23. The lowest BCUT2D eigenvalue weighted by Gasteiger charge is -1.94. The Balaban J connectivity index is 2.24. The van der Waals surface area contributed by atoms with Gasteiger partial charge in [-0.2, -0.15) is 0 Å². The summed E-state index contributed by atoms with van der Waals surface area (Å²) in [5, 5.41) is 2.98. The summed E-state index contributed by atoms with van der Waals surface area (Å²) in [4.78, 5) is 5.14. The molecule has 0 saturated heterocycles. The van der Waals surface area contributed by atoms with E-state index in [1.807, 2.05) is 5.38 Å². The molecule has 1 aromatic carbocycles. The average Bonchev–Trinajstić information content (AvgIpc) is 2.85. The minimum Gasteiger partial charge on any atom is -0.435 e. The van der Waals surface area contributed by atoms with Gasteiger partial charge in [-0.25, -0.2) is 4.98 Å². The predicted octanol–water partition coefficient (Wildman–Crippen LogP) is 4.45. The van der Waals surface area contributed by atoms with E-state index in [1.54, 1.807) is 18.2 Å². The summed E-state index contributed by atoms with van der Waals surface area (Å²) in [6.07, 6.45) is 0. The molecule has 3 aromatic rings. The largest absolute Gasteiger partial charge is 0.435 e. The molecule has 0 saturated carbocycles. The molecule has 0 bridgehead atoms. The molecule has 0 spiro atoms. The molecule has 17 heavy (non-hydrogen) atoms. The molecule has 86 valence electrons. The fourth-order valence-electron chi connectivity index (χ4n) is 1.51. The van der Waals surface area contributed by atoms with E-state index in [4.69, 9.17) is 33.4 Å². The fraction of sp³-hybridized carbons (Fsp3) is 0. The lowest BCUT2D eigenvalue weighted by Crippen LogP contribution is -1.84. The highest BCUT2D eigenvalue weighted by Crippen LogP contribution is 2.35. The maximum Gasteiger partial charge on any atom is 0.239 e. The Labute approximate surface area is 111 Å². The maximum atomic E-state index is 6.02. The van der Waals surface area contributed by atoms with Gasteiger partial charge in [0.15, 0.2) is 5.58 Å². The Morgan fingerprint density at radius 2 is 2.06 bits per heavy atom. The summed E-state index contributed by atoms with van der Waals surface area (Å²) in [5.41, 5.74) is 7.45. The molecule has 0 amide bonds. The highest BCUT2D eigenvalue weighted by molar-refractivity contribution is 7.14. The van der Waals surface area contributed by atoms with Crippen molar-refractivity contribution in [1.82, 2.24) is 4.98 Å². The molecule has 3 rings (SSSR count). The van der Waals surface area contributed by atoms with E-state index in [2.05, 4.69) is 4.98 Å². The second kappa shape index (κ2) is 3.91. The third-order valence-corrected chi connectivity index (χ3v) is 3.98. The van der Waals surface area contributed by atoms with Crippen molar-refractivity contribution in [2.45, 2.75) is 0 Å². The predicted molar refractivity (Wildman–Crippen MR) is 71.8 cm³/mol. The number of halogens is 2. The van der Waals surface area contributed by atoms with Crippen molar-refractivity contribution >= 4 is 51.3 Å². The van der Waals surface area contributed by atoms with Gasteiger partial charge in [0.1, 0.15) is 10.4 Å². The van der Waals surface area contributed by atoms with Crippen LogP contribution in [0.1, 0.15) is 0 Å². The number of nitrogen functional groups attached to an aromatic ring is 1. The number of nitrogens with two attached hydrogens (primary N) is 1. The molecule has 0 unspecified atom stereocenters. The fourth-order valence-corrected chi connectivity index (χ4v) is 2.73. The molecule has 2 heterocycles. The SMILES string of the molecule is Nc1cc2oc(-c3sccc3Cl)nc2cc1Cl. The number of nitrogens with zero attached hydrogens (tertiary/aromatic N) is 1. The molecule has 2 aromatic heterocycles. The zero-order chi connectivity index (χ0) is 12.0. The highest BCUT2D eigenvalue weighted by atomic mass is 35.5. The zero-order valence-corrected chi connectivity index (χ0v) is 10.7.